The number of hydrogen-bond donors (Lipinski definition) is 1. The Kier molecular flexibility index (Phi) is 6.73. The predicted molar refractivity (Wildman–Crippen MR) is 72.0 cm³/mol. The molecule has 0 fully saturated rings. The molecule has 2 rings (SSSR count). The van der Waals surface area contributed by atoms with E-state index in [4.69, 9.17) is 5.73 Å². The van der Waals surface area contributed by atoms with E-state index in [0.29, 0.717) is 6.54 Å². The Balaban J connectivity index is 0.00000128. The molecule has 0 saturated heterocycles. The van der Waals surface area contributed by atoms with Crippen LogP contribution in [0.15, 0.2) is 42.7 Å². The number of hydrogen-bond acceptors (Lipinski definition) is 2. The quantitative estimate of drug-likeness (QED) is 0.914. The second-order valence-corrected chi connectivity index (χ2v) is 3.29. The first-order chi connectivity index (χ1) is 7.29. The highest BCUT2D eigenvalue weighted by Crippen LogP contribution is 2.19. The third-order valence-corrected chi connectivity index (χ3v) is 2.21. The van der Waals surface area contributed by atoms with Crippen LogP contribution in [-0.2, 0) is 6.54 Å². The normalized spacial score (nSPS) is 9.06. The molecular formula is C12H13Cl2FN2. The summed E-state index contributed by atoms with van der Waals surface area (Å²) in [4.78, 5) is 4.08. The van der Waals surface area contributed by atoms with Crippen LogP contribution in [0, 0.1) is 5.82 Å². The van der Waals surface area contributed by atoms with Gasteiger partial charge in [0.2, 0.25) is 0 Å². The molecule has 0 unspecified atom stereocenters. The van der Waals surface area contributed by atoms with Gasteiger partial charge in [-0.25, -0.2) is 4.39 Å². The fourth-order valence-electron chi connectivity index (χ4n) is 1.40. The van der Waals surface area contributed by atoms with Crippen LogP contribution in [0.4, 0.5) is 4.39 Å². The second kappa shape index (κ2) is 7.22. The number of rotatable bonds is 2. The third-order valence-electron chi connectivity index (χ3n) is 2.21. The molecule has 0 aliphatic heterocycles. The van der Waals surface area contributed by atoms with Crippen LogP contribution in [0.25, 0.3) is 11.1 Å². The minimum Gasteiger partial charge on any atom is -0.326 e. The van der Waals surface area contributed by atoms with E-state index >= 15 is 0 Å². The highest BCUT2D eigenvalue weighted by Gasteiger charge is 1.99. The summed E-state index contributed by atoms with van der Waals surface area (Å²) in [6, 6.07) is 8.29. The number of benzene rings is 1. The van der Waals surface area contributed by atoms with Gasteiger partial charge in [0.15, 0.2) is 0 Å². The molecule has 0 aliphatic rings. The molecule has 1 heterocycles. The fraction of sp³-hybridized carbons (Fsp3) is 0.0833. The van der Waals surface area contributed by atoms with Gasteiger partial charge in [-0.1, -0.05) is 12.1 Å². The van der Waals surface area contributed by atoms with Gasteiger partial charge in [0.1, 0.15) is 5.82 Å². The Bertz CT molecular complexity index is 460. The number of nitrogens with zero attached hydrogens (tertiary/aromatic N) is 1. The molecule has 0 aliphatic carbocycles. The van der Waals surface area contributed by atoms with Gasteiger partial charge >= 0.3 is 0 Å². The maximum Gasteiger partial charge on any atom is 0.123 e. The summed E-state index contributed by atoms with van der Waals surface area (Å²) in [5, 5.41) is 0. The molecule has 2 aromatic rings. The molecule has 1 aromatic heterocycles. The Morgan fingerprint density at radius 3 is 2.24 bits per heavy atom. The van der Waals surface area contributed by atoms with E-state index in [2.05, 4.69) is 4.98 Å². The second-order valence-electron chi connectivity index (χ2n) is 3.29. The minimum absolute atomic E-state index is 0. The summed E-state index contributed by atoms with van der Waals surface area (Å²) < 4.78 is 12.7. The van der Waals surface area contributed by atoms with Crippen molar-refractivity contribution in [1.82, 2.24) is 4.98 Å². The number of halogens is 3. The fourth-order valence-corrected chi connectivity index (χ4v) is 1.40. The Morgan fingerprint density at radius 1 is 1.00 bits per heavy atom. The number of aromatic nitrogens is 1. The molecular weight excluding hydrogens is 262 g/mol. The monoisotopic (exact) mass is 274 g/mol. The van der Waals surface area contributed by atoms with Crippen molar-refractivity contribution in [3.05, 3.63) is 54.1 Å². The molecule has 2 nitrogen and oxygen atoms in total. The Labute approximate surface area is 112 Å². The van der Waals surface area contributed by atoms with Crippen molar-refractivity contribution >= 4 is 24.8 Å². The molecule has 0 radical (unpaired) electrons. The average Bonchev–Trinajstić information content (AvgIpc) is 2.30. The highest BCUT2D eigenvalue weighted by atomic mass is 35.5. The van der Waals surface area contributed by atoms with Crippen molar-refractivity contribution in [2.75, 3.05) is 0 Å². The molecule has 0 saturated carbocycles. The van der Waals surface area contributed by atoms with Gasteiger partial charge in [-0.2, -0.15) is 0 Å². The largest absolute Gasteiger partial charge is 0.326 e. The van der Waals surface area contributed by atoms with Gasteiger partial charge < -0.3 is 5.73 Å². The first-order valence-corrected chi connectivity index (χ1v) is 4.69. The lowest BCUT2D eigenvalue weighted by atomic mass is 10.1. The van der Waals surface area contributed by atoms with Crippen molar-refractivity contribution in [1.29, 1.82) is 0 Å². The van der Waals surface area contributed by atoms with Gasteiger partial charge in [0.05, 0.1) is 0 Å². The maximum atomic E-state index is 12.7. The van der Waals surface area contributed by atoms with Gasteiger partial charge in [0.25, 0.3) is 0 Å². The van der Waals surface area contributed by atoms with Crippen molar-refractivity contribution in [2.24, 2.45) is 5.73 Å². The van der Waals surface area contributed by atoms with E-state index in [9.17, 15) is 4.39 Å². The van der Waals surface area contributed by atoms with Crippen LogP contribution < -0.4 is 5.73 Å². The van der Waals surface area contributed by atoms with Gasteiger partial charge in [0, 0.05) is 24.5 Å². The molecule has 0 spiro atoms. The van der Waals surface area contributed by atoms with Crippen LogP contribution in [0.5, 0.6) is 0 Å². The summed E-state index contributed by atoms with van der Waals surface area (Å²) in [6.07, 6.45) is 3.47. The lowest BCUT2D eigenvalue weighted by molar-refractivity contribution is 0.628. The van der Waals surface area contributed by atoms with E-state index in [1.807, 2.05) is 6.07 Å². The number of nitrogens with two attached hydrogens (primary N) is 1. The molecule has 92 valence electrons. The zero-order valence-corrected chi connectivity index (χ0v) is 10.6. The third kappa shape index (κ3) is 3.97. The van der Waals surface area contributed by atoms with Crippen LogP contribution in [0.1, 0.15) is 5.56 Å². The zero-order chi connectivity index (χ0) is 10.7. The highest BCUT2D eigenvalue weighted by molar-refractivity contribution is 5.85. The molecule has 5 heteroatoms. The minimum atomic E-state index is -0.235. The molecule has 0 amide bonds. The van der Waals surface area contributed by atoms with Crippen LogP contribution in [0.3, 0.4) is 0 Å². The van der Waals surface area contributed by atoms with E-state index in [1.54, 1.807) is 24.5 Å². The Morgan fingerprint density at radius 2 is 1.65 bits per heavy atom. The van der Waals surface area contributed by atoms with Crippen molar-refractivity contribution in [2.45, 2.75) is 6.54 Å². The SMILES string of the molecule is Cl.Cl.NCc1cncc(-c2ccc(F)cc2)c1. The van der Waals surface area contributed by atoms with Gasteiger partial charge in [-0.3, -0.25) is 4.98 Å². The van der Waals surface area contributed by atoms with Crippen LogP contribution >= 0.6 is 24.8 Å². The summed E-state index contributed by atoms with van der Waals surface area (Å²) in [5.74, 6) is -0.235. The van der Waals surface area contributed by atoms with Crippen molar-refractivity contribution < 1.29 is 4.39 Å². The molecule has 2 N–H and O–H groups in total. The maximum absolute atomic E-state index is 12.7. The summed E-state index contributed by atoms with van der Waals surface area (Å²) in [5.41, 5.74) is 8.39. The van der Waals surface area contributed by atoms with Crippen LogP contribution in [-0.4, -0.2) is 4.98 Å². The molecule has 1 aromatic carbocycles. The van der Waals surface area contributed by atoms with Crippen LogP contribution in [0.2, 0.25) is 0 Å². The van der Waals surface area contributed by atoms with E-state index in [1.165, 1.54) is 12.1 Å². The van der Waals surface area contributed by atoms with E-state index < -0.39 is 0 Å². The zero-order valence-electron chi connectivity index (χ0n) is 8.97. The standard InChI is InChI=1S/C12H11FN2.2ClH/c13-12-3-1-10(2-4-12)11-5-9(6-14)7-15-8-11;;/h1-5,7-8H,6,14H2;2*1H. The first-order valence-electron chi connectivity index (χ1n) is 4.69. The lowest BCUT2D eigenvalue weighted by Gasteiger charge is -2.02. The van der Waals surface area contributed by atoms with Crippen molar-refractivity contribution in [3.8, 4) is 11.1 Å². The summed E-state index contributed by atoms with van der Waals surface area (Å²) >= 11 is 0. The molecule has 17 heavy (non-hydrogen) atoms. The molecule has 0 atom stereocenters. The van der Waals surface area contributed by atoms with Gasteiger partial charge in [-0.15, -0.1) is 24.8 Å². The average molecular weight is 275 g/mol. The topological polar surface area (TPSA) is 38.9 Å². The Hall–Kier alpha value is -1.16. The predicted octanol–water partition coefficient (Wildman–Crippen LogP) is 3.19. The first kappa shape index (κ1) is 15.8. The summed E-state index contributed by atoms with van der Waals surface area (Å²) in [7, 11) is 0. The van der Waals surface area contributed by atoms with E-state index in [-0.39, 0.29) is 30.6 Å². The number of pyridine rings is 1. The summed E-state index contributed by atoms with van der Waals surface area (Å²) in [6.45, 7) is 0.460. The van der Waals surface area contributed by atoms with E-state index in [0.717, 1.165) is 16.7 Å². The lowest BCUT2D eigenvalue weighted by Crippen LogP contribution is -1.96. The van der Waals surface area contributed by atoms with Gasteiger partial charge in [-0.05, 0) is 29.3 Å². The molecule has 0 bridgehead atoms. The van der Waals surface area contributed by atoms with Crippen molar-refractivity contribution in [3.63, 3.8) is 0 Å². The smallest absolute Gasteiger partial charge is 0.123 e.